The molecule has 0 bridgehead atoms. The molecule has 0 aliphatic carbocycles. The van der Waals surface area contributed by atoms with Crippen molar-refractivity contribution in [2.45, 2.75) is 45.8 Å². The Morgan fingerprint density at radius 2 is 2.29 bits per heavy atom. The van der Waals surface area contributed by atoms with Gasteiger partial charge in [0, 0.05) is 12.6 Å². The van der Waals surface area contributed by atoms with E-state index in [9.17, 15) is 4.79 Å². The predicted octanol–water partition coefficient (Wildman–Crippen LogP) is 2.66. The Morgan fingerprint density at radius 3 is 2.71 bits per heavy atom. The van der Waals surface area contributed by atoms with Gasteiger partial charge in [-0.05, 0) is 34.1 Å². The number of amides is 1. The average Bonchev–Trinajstić information content (AvgIpc) is 2.45. The first-order valence-electron chi connectivity index (χ1n) is 5.79. The van der Waals surface area contributed by atoms with Crippen molar-refractivity contribution in [1.29, 1.82) is 0 Å². The smallest absolute Gasteiger partial charge is 0.410 e. The van der Waals surface area contributed by atoms with E-state index in [1.807, 2.05) is 33.8 Å². The van der Waals surface area contributed by atoms with E-state index in [-0.39, 0.29) is 12.1 Å². The standard InChI is InChI=1S/C12H18N2O3/c1-8-7-10(17-13-8)9-5-6-14(9)11(15)16-12(2,3)4/h7,9H,5-6H2,1-4H3/t9-/m0/s1. The molecule has 0 spiro atoms. The zero-order valence-electron chi connectivity index (χ0n) is 10.7. The molecule has 1 aliphatic rings. The molecule has 0 aromatic carbocycles. The van der Waals surface area contributed by atoms with E-state index >= 15 is 0 Å². The fourth-order valence-electron chi connectivity index (χ4n) is 1.76. The van der Waals surface area contributed by atoms with E-state index in [1.54, 1.807) is 4.90 Å². The van der Waals surface area contributed by atoms with Crippen molar-refractivity contribution in [3.05, 3.63) is 17.5 Å². The van der Waals surface area contributed by atoms with Crippen LogP contribution >= 0.6 is 0 Å². The number of aryl methyl sites for hydroxylation is 1. The van der Waals surface area contributed by atoms with Gasteiger partial charge >= 0.3 is 6.09 Å². The van der Waals surface area contributed by atoms with Crippen LogP contribution in [0.3, 0.4) is 0 Å². The van der Waals surface area contributed by atoms with Crippen LogP contribution in [0, 0.1) is 6.92 Å². The first kappa shape index (κ1) is 12.0. The highest BCUT2D eigenvalue weighted by Crippen LogP contribution is 2.34. The molecule has 17 heavy (non-hydrogen) atoms. The average molecular weight is 238 g/mol. The maximum absolute atomic E-state index is 11.9. The third kappa shape index (κ3) is 2.60. The lowest BCUT2D eigenvalue weighted by molar-refractivity contribution is -0.0108. The largest absolute Gasteiger partial charge is 0.444 e. The molecule has 1 saturated heterocycles. The van der Waals surface area contributed by atoms with Gasteiger partial charge in [-0.2, -0.15) is 0 Å². The number of rotatable bonds is 1. The van der Waals surface area contributed by atoms with Crippen molar-refractivity contribution in [1.82, 2.24) is 10.1 Å². The number of hydrogen-bond donors (Lipinski definition) is 0. The lowest BCUT2D eigenvalue weighted by Gasteiger charge is -2.39. The number of aromatic nitrogens is 1. The highest BCUT2D eigenvalue weighted by molar-refractivity contribution is 5.69. The van der Waals surface area contributed by atoms with Gasteiger partial charge in [0.25, 0.3) is 0 Å². The van der Waals surface area contributed by atoms with Crippen LogP contribution in [0.2, 0.25) is 0 Å². The molecular formula is C12H18N2O3. The maximum atomic E-state index is 11.9. The van der Waals surface area contributed by atoms with Gasteiger partial charge in [-0.25, -0.2) is 4.79 Å². The maximum Gasteiger partial charge on any atom is 0.410 e. The van der Waals surface area contributed by atoms with E-state index < -0.39 is 5.60 Å². The monoisotopic (exact) mass is 238 g/mol. The number of carbonyl (C=O) groups excluding carboxylic acids is 1. The summed E-state index contributed by atoms with van der Waals surface area (Å²) >= 11 is 0. The molecule has 1 amide bonds. The quantitative estimate of drug-likeness (QED) is 0.754. The highest BCUT2D eigenvalue weighted by Gasteiger charge is 2.38. The van der Waals surface area contributed by atoms with Gasteiger partial charge in [-0.1, -0.05) is 5.16 Å². The molecule has 0 radical (unpaired) electrons. The van der Waals surface area contributed by atoms with Crippen molar-refractivity contribution in [2.75, 3.05) is 6.54 Å². The van der Waals surface area contributed by atoms with Gasteiger partial charge in [0.1, 0.15) is 5.60 Å². The molecule has 1 aliphatic heterocycles. The first-order chi connectivity index (χ1) is 7.87. The Bertz CT molecular complexity index is 420. The molecule has 0 N–H and O–H groups in total. The molecular weight excluding hydrogens is 220 g/mol. The Balaban J connectivity index is 2.02. The summed E-state index contributed by atoms with van der Waals surface area (Å²) in [5, 5.41) is 3.83. The van der Waals surface area contributed by atoms with Crippen molar-refractivity contribution in [3.63, 3.8) is 0 Å². The molecule has 94 valence electrons. The lowest BCUT2D eigenvalue weighted by Crippen LogP contribution is -2.47. The molecule has 2 rings (SSSR count). The zero-order chi connectivity index (χ0) is 12.6. The highest BCUT2D eigenvalue weighted by atomic mass is 16.6. The fourth-order valence-corrected chi connectivity index (χ4v) is 1.76. The minimum atomic E-state index is -0.464. The lowest BCUT2D eigenvalue weighted by atomic mass is 10.0. The minimum Gasteiger partial charge on any atom is -0.444 e. The van der Waals surface area contributed by atoms with Crippen LogP contribution in [0.1, 0.15) is 44.7 Å². The van der Waals surface area contributed by atoms with Crippen LogP contribution in [0.15, 0.2) is 10.6 Å². The van der Waals surface area contributed by atoms with Crippen LogP contribution in [0.4, 0.5) is 4.79 Å². The van der Waals surface area contributed by atoms with E-state index in [0.29, 0.717) is 6.54 Å². The van der Waals surface area contributed by atoms with Crippen molar-refractivity contribution in [3.8, 4) is 0 Å². The molecule has 2 heterocycles. The molecule has 5 heteroatoms. The SMILES string of the molecule is Cc1cc([C@@H]2CCN2C(=O)OC(C)(C)C)on1. The minimum absolute atomic E-state index is 0.0222. The van der Waals surface area contributed by atoms with Crippen LogP contribution in [-0.4, -0.2) is 28.3 Å². The topological polar surface area (TPSA) is 55.6 Å². The van der Waals surface area contributed by atoms with Crippen molar-refractivity contribution in [2.24, 2.45) is 0 Å². The Kier molecular flexibility index (Phi) is 2.85. The number of nitrogens with zero attached hydrogens (tertiary/aromatic N) is 2. The van der Waals surface area contributed by atoms with Gasteiger partial charge in [0.2, 0.25) is 0 Å². The summed E-state index contributed by atoms with van der Waals surface area (Å²) in [5.74, 6) is 0.736. The Hall–Kier alpha value is -1.52. The van der Waals surface area contributed by atoms with Crippen LogP contribution in [0.5, 0.6) is 0 Å². The summed E-state index contributed by atoms with van der Waals surface area (Å²) in [4.78, 5) is 13.5. The van der Waals surface area contributed by atoms with E-state index in [4.69, 9.17) is 9.26 Å². The van der Waals surface area contributed by atoms with Crippen LogP contribution < -0.4 is 0 Å². The normalized spacial score (nSPS) is 20.0. The van der Waals surface area contributed by atoms with Crippen LogP contribution in [0.25, 0.3) is 0 Å². The summed E-state index contributed by atoms with van der Waals surface area (Å²) in [6, 6.07) is 1.84. The summed E-state index contributed by atoms with van der Waals surface area (Å²) in [5.41, 5.74) is 0.366. The fraction of sp³-hybridized carbons (Fsp3) is 0.667. The molecule has 0 unspecified atom stereocenters. The number of carbonyl (C=O) groups is 1. The second kappa shape index (κ2) is 4.05. The van der Waals surface area contributed by atoms with Gasteiger partial charge in [0.15, 0.2) is 5.76 Å². The summed E-state index contributed by atoms with van der Waals surface area (Å²) < 4.78 is 10.5. The second-order valence-electron chi connectivity index (χ2n) is 5.35. The summed E-state index contributed by atoms with van der Waals surface area (Å²) in [6.45, 7) is 8.15. The molecule has 0 saturated carbocycles. The van der Waals surface area contributed by atoms with Crippen LogP contribution in [-0.2, 0) is 4.74 Å². The number of ether oxygens (including phenoxy) is 1. The third-order valence-electron chi connectivity index (χ3n) is 2.62. The second-order valence-corrected chi connectivity index (χ2v) is 5.35. The third-order valence-corrected chi connectivity index (χ3v) is 2.62. The molecule has 1 fully saturated rings. The van der Waals surface area contributed by atoms with Gasteiger partial charge in [-0.3, -0.25) is 4.90 Å². The van der Waals surface area contributed by atoms with Gasteiger partial charge in [0.05, 0.1) is 11.7 Å². The van der Waals surface area contributed by atoms with Gasteiger partial charge < -0.3 is 9.26 Å². The van der Waals surface area contributed by atoms with E-state index in [0.717, 1.165) is 17.9 Å². The number of likely N-dealkylation sites (tertiary alicyclic amines) is 1. The Labute approximate surface area is 101 Å². The Morgan fingerprint density at radius 1 is 1.59 bits per heavy atom. The van der Waals surface area contributed by atoms with Crippen molar-refractivity contribution >= 4 is 6.09 Å². The molecule has 1 aromatic heterocycles. The van der Waals surface area contributed by atoms with Gasteiger partial charge in [-0.15, -0.1) is 0 Å². The zero-order valence-corrected chi connectivity index (χ0v) is 10.7. The molecule has 5 nitrogen and oxygen atoms in total. The van der Waals surface area contributed by atoms with E-state index in [1.165, 1.54) is 0 Å². The van der Waals surface area contributed by atoms with E-state index in [2.05, 4.69) is 5.16 Å². The number of hydrogen-bond acceptors (Lipinski definition) is 4. The predicted molar refractivity (Wildman–Crippen MR) is 61.5 cm³/mol. The molecule has 1 atom stereocenters. The molecule has 1 aromatic rings. The summed E-state index contributed by atoms with van der Waals surface area (Å²) in [6.07, 6.45) is 0.608. The van der Waals surface area contributed by atoms with Crippen molar-refractivity contribution < 1.29 is 14.1 Å². The first-order valence-corrected chi connectivity index (χ1v) is 5.79. The summed E-state index contributed by atoms with van der Waals surface area (Å²) in [7, 11) is 0.